The molecule has 2 heteroatoms. The van der Waals surface area contributed by atoms with Crippen molar-refractivity contribution in [1.29, 1.82) is 0 Å². The lowest BCUT2D eigenvalue weighted by molar-refractivity contribution is 1.39. The monoisotopic (exact) mass is 329 g/mol. The van der Waals surface area contributed by atoms with Crippen LogP contribution in [0, 0.1) is 6.92 Å². The van der Waals surface area contributed by atoms with E-state index in [1.807, 2.05) is 36.4 Å². The summed E-state index contributed by atoms with van der Waals surface area (Å²) in [6, 6.07) is 26.9. The van der Waals surface area contributed by atoms with Gasteiger partial charge in [0.1, 0.15) is 0 Å². The van der Waals surface area contributed by atoms with Gasteiger partial charge in [-0.15, -0.1) is 0 Å². The predicted molar refractivity (Wildman–Crippen MR) is 102 cm³/mol. The molecule has 1 heterocycles. The van der Waals surface area contributed by atoms with Crippen molar-refractivity contribution in [2.45, 2.75) is 6.92 Å². The van der Waals surface area contributed by atoms with E-state index in [1.165, 1.54) is 11.1 Å². The quantitative estimate of drug-likeness (QED) is 0.407. The second-order valence-electron chi connectivity index (χ2n) is 5.95. The number of aryl methyl sites for hydroxylation is 1. The highest BCUT2D eigenvalue weighted by Crippen LogP contribution is 2.33. The topological polar surface area (TPSA) is 12.9 Å². The van der Waals surface area contributed by atoms with Crippen molar-refractivity contribution in [3.05, 3.63) is 89.4 Å². The van der Waals surface area contributed by atoms with Crippen LogP contribution in [0.15, 0.2) is 78.9 Å². The number of nitrogens with zero attached hydrogens (tertiary/aromatic N) is 1. The van der Waals surface area contributed by atoms with Crippen molar-refractivity contribution in [3.63, 3.8) is 0 Å². The van der Waals surface area contributed by atoms with Crippen molar-refractivity contribution < 1.29 is 0 Å². The summed E-state index contributed by atoms with van der Waals surface area (Å²) in [5.74, 6) is 0. The van der Waals surface area contributed by atoms with E-state index in [-0.39, 0.29) is 0 Å². The Morgan fingerprint density at radius 3 is 2.25 bits per heavy atom. The number of hydrogen-bond donors (Lipinski definition) is 0. The van der Waals surface area contributed by atoms with Gasteiger partial charge in [0.25, 0.3) is 0 Å². The number of halogens is 1. The van der Waals surface area contributed by atoms with Crippen LogP contribution in [0.2, 0.25) is 5.02 Å². The molecule has 1 aromatic heterocycles. The molecule has 1 nitrogen and oxygen atoms in total. The number of aromatic nitrogens is 1. The second-order valence-corrected chi connectivity index (χ2v) is 6.39. The third kappa shape index (κ3) is 2.79. The Hall–Kier alpha value is -2.64. The lowest BCUT2D eigenvalue weighted by atomic mass is 9.97. The minimum absolute atomic E-state index is 0.727. The fourth-order valence-corrected chi connectivity index (χ4v) is 3.10. The Kier molecular flexibility index (Phi) is 3.79. The summed E-state index contributed by atoms with van der Waals surface area (Å²) in [6.45, 7) is 2.10. The third-order valence-electron chi connectivity index (χ3n) is 4.20. The zero-order chi connectivity index (χ0) is 16.5. The lowest BCUT2D eigenvalue weighted by Gasteiger charge is -2.11. The number of fused-ring (bicyclic) bond motifs is 1. The van der Waals surface area contributed by atoms with Gasteiger partial charge in [0.05, 0.1) is 11.2 Å². The van der Waals surface area contributed by atoms with Crippen LogP contribution in [0.25, 0.3) is 33.3 Å². The average Bonchev–Trinajstić information content (AvgIpc) is 2.62. The average molecular weight is 330 g/mol. The van der Waals surface area contributed by atoms with E-state index < -0.39 is 0 Å². The first-order valence-corrected chi connectivity index (χ1v) is 8.31. The minimum atomic E-state index is 0.727. The highest BCUT2D eigenvalue weighted by Gasteiger charge is 2.10. The first-order chi connectivity index (χ1) is 11.7. The first kappa shape index (κ1) is 14.9. The molecule has 24 heavy (non-hydrogen) atoms. The van der Waals surface area contributed by atoms with Crippen LogP contribution < -0.4 is 0 Å². The van der Waals surface area contributed by atoms with E-state index >= 15 is 0 Å². The van der Waals surface area contributed by atoms with E-state index in [0.29, 0.717) is 0 Å². The second kappa shape index (κ2) is 6.10. The Morgan fingerprint density at radius 1 is 0.750 bits per heavy atom. The summed E-state index contributed by atoms with van der Waals surface area (Å²) < 4.78 is 0. The van der Waals surface area contributed by atoms with Gasteiger partial charge >= 0.3 is 0 Å². The van der Waals surface area contributed by atoms with Crippen LogP contribution in [0.3, 0.4) is 0 Å². The summed E-state index contributed by atoms with van der Waals surface area (Å²) in [5.41, 5.74) is 6.62. The molecule has 0 spiro atoms. The number of hydrogen-bond acceptors (Lipinski definition) is 1. The van der Waals surface area contributed by atoms with Gasteiger partial charge in [0.15, 0.2) is 0 Å². The fraction of sp³-hybridized carbons (Fsp3) is 0.0455. The smallest absolute Gasteiger partial charge is 0.0716 e. The Morgan fingerprint density at radius 2 is 1.50 bits per heavy atom. The molecule has 0 fully saturated rings. The van der Waals surface area contributed by atoms with Gasteiger partial charge in [0, 0.05) is 16.0 Å². The van der Waals surface area contributed by atoms with Gasteiger partial charge in [-0.2, -0.15) is 0 Å². The number of pyridine rings is 1. The fourth-order valence-electron chi connectivity index (χ4n) is 2.93. The van der Waals surface area contributed by atoms with Gasteiger partial charge in [-0.25, -0.2) is 4.98 Å². The first-order valence-electron chi connectivity index (χ1n) is 7.93. The molecule has 116 valence electrons. The maximum Gasteiger partial charge on any atom is 0.0716 e. The van der Waals surface area contributed by atoms with Gasteiger partial charge < -0.3 is 0 Å². The molecule has 0 saturated heterocycles. The molecule has 0 aliphatic rings. The van der Waals surface area contributed by atoms with E-state index in [1.54, 1.807) is 0 Å². The van der Waals surface area contributed by atoms with E-state index in [4.69, 9.17) is 16.6 Å². The summed E-state index contributed by atoms with van der Waals surface area (Å²) >= 11 is 6.23. The minimum Gasteiger partial charge on any atom is -0.248 e. The van der Waals surface area contributed by atoms with Crippen LogP contribution in [0.1, 0.15) is 5.56 Å². The largest absolute Gasteiger partial charge is 0.248 e. The summed E-state index contributed by atoms with van der Waals surface area (Å²) in [7, 11) is 0. The zero-order valence-corrected chi connectivity index (χ0v) is 14.1. The summed E-state index contributed by atoms with van der Waals surface area (Å²) in [6.07, 6.45) is 0. The van der Waals surface area contributed by atoms with Crippen molar-refractivity contribution in [2.24, 2.45) is 0 Å². The number of rotatable bonds is 2. The molecule has 0 bridgehead atoms. The van der Waals surface area contributed by atoms with Crippen LogP contribution in [-0.2, 0) is 0 Å². The molecule has 0 atom stereocenters. The molecular weight excluding hydrogens is 314 g/mol. The zero-order valence-electron chi connectivity index (χ0n) is 13.3. The van der Waals surface area contributed by atoms with Gasteiger partial charge in [-0.3, -0.25) is 0 Å². The molecule has 0 aliphatic carbocycles. The standard InChI is InChI=1S/C22H16ClN/c1-15-7-9-16(10-8-15)19-14-22(17-5-3-2-4-6-17)24-21-12-11-18(23)13-20(19)21/h2-14H,1H3. The van der Waals surface area contributed by atoms with Crippen molar-refractivity contribution in [1.82, 2.24) is 4.98 Å². The Bertz CT molecular complexity index is 1010. The van der Waals surface area contributed by atoms with Crippen molar-refractivity contribution in [2.75, 3.05) is 0 Å². The maximum absolute atomic E-state index is 6.23. The summed E-state index contributed by atoms with van der Waals surface area (Å²) in [5, 5.41) is 1.80. The molecule has 3 aromatic carbocycles. The molecule has 4 rings (SSSR count). The summed E-state index contributed by atoms with van der Waals surface area (Å²) in [4.78, 5) is 4.83. The molecule has 0 radical (unpaired) electrons. The Labute approximate surface area is 146 Å². The van der Waals surface area contributed by atoms with Gasteiger partial charge in [0.2, 0.25) is 0 Å². The molecule has 0 amide bonds. The molecule has 0 N–H and O–H groups in total. The molecule has 0 aliphatic heterocycles. The van der Waals surface area contributed by atoms with Crippen LogP contribution in [-0.4, -0.2) is 4.98 Å². The molecule has 0 saturated carbocycles. The van der Waals surface area contributed by atoms with E-state index in [9.17, 15) is 0 Å². The van der Waals surface area contributed by atoms with Crippen molar-refractivity contribution in [3.8, 4) is 22.4 Å². The van der Waals surface area contributed by atoms with E-state index in [0.717, 1.165) is 32.7 Å². The highest BCUT2D eigenvalue weighted by atomic mass is 35.5. The van der Waals surface area contributed by atoms with Gasteiger partial charge in [-0.1, -0.05) is 71.8 Å². The van der Waals surface area contributed by atoms with Crippen LogP contribution in [0.5, 0.6) is 0 Å². The molecular formula is C22H16ClN. The maximum atomic E-state index is 6.23. The van der Waals surface area contributed by atoms with Crippen molar-refractivity contribution >= 4 is 22.5 Å². The van der Waals surface area contributed by atoms with Crippen LogP contribution in [0.4, 0.5) is 0 Å². The van der Waals surface area contributed by atoms with Gasteiger partial charge in [-0.05, 0) is 42.3 Å². The van der Waals surface area contributed by atoms with E-state index in [2.05, 4.69) is 49.4 Å². The SMILES string of the molecule is Cc1ccc(-c2cc(-c3ccccc3)nc3ccc(Cl)cc23)cc1. The Balaban J connectivity index is 2.01. The predicted octanol–water partition coefficient (Wildman–Crippen LogP) is 6.53. The van der Waals surface area contributed by atoms with Crippen LogP contribution >= 0.6 is 11.6 Å². The molecule has 0 unspecified atom stereocenters. The third-order valence-corrected chi connectivity index (χ3v) is 4.44. The normalized spacial score (nSPS) is 10.9. The highest BCUT2D eigenvalue weighted by molar-refractivity contribution is 6.31. The molecule has 4 aromatic rings. The lowest BCUT2D eigenvalue weighted by Crippen LogP contribution is -1.90. The number of benzene rings is 3.